The SMILES string of the molecule is Cc1ccc2[nH]cc(C[C@@H]3NC(=O)[C@H](Cc4c[nH]c5ccc(F)cc45)NC(=O)CN(C)C(=O)CNC(=O)CCSCc4cccc(c4)CSCCNC(=O)C4CCCN4C(=O)[C@H](Cc4ccccc4)N(I)C(=O)[C@H](Cc4cnc[nH]4)NC(=O)CNC3=O)c2c1. The van der Waals surface area contributed by atoms with E-state index >= 15 is 0 Å². The number of carbonyl (C=O) groups is 9. The van der Waals surface area contributed by atoms with Gasteiger partial charge in [0.15, 0.2) is 0 Å². The first kappa shape index (κ1) is 65.2. The van der Waals surface area contributed by atoms with E-state index in [2.05, 4.69) is 57.9 Å². The number of carbonyl (C=O) groups excluding carboxylic acids is 9. The van der Waals surface area contributed by atoms with Gasteiger partial charge in [-0.05, 0) is 77.9 Å². The lowest BCUT2D eigenvalue weighted by Crippen LogP contribution is -2.58. The number of halogens is 2. The number of thioether (sulfide) groups is 2. The summed E-state index contributed by atoms with van der Waals surface area (Å²) in [6.45, 7) is 0.938. The number of hydrogen-bond acceptors (Lipinski definition) is 12. The summed E-state index contributed by atoms with van der Waals surface area (Å²) in [6, 6.07) is 21.0. The minimum atomic E-state index is -1.42. The summed E-state index contributed by atoms with van der Waals surface area (Å²) in [5.41, 5.74) is 6.69. The predicted molar refractivity (Wildman–Crippen MR) is 346 cm³/mol. The molecular weight excluding hydrogens is 1290 g/mol. The zero-order chi connectivity index (χ0) is 63.0. The van der Waals surface area contributed by atoms with E-state index in [9.17, 15) is 47.5 Å². The lowest BCUT2D eigenvalue weighted by atomic mass is 10.0. The maximum absolute atomic E-state index is 15.0. The topological polar surface area (TPSA) is 296 Å². The number of aromatic nitrogens is 4. The molecule has 0 spiro atoms. The highest BCUT2D eigenvalue weighted by Gasteiger charge is 2.42. The van der Waals surface area contributed by atoms with E-state index < -0.39 is 97.0 Å². The van der Waals surface area contributed by atoms with Crippen LogP contribution in [0.15, 0.2) is 116 Å². The normalized spacial score (nSPS) is 21.1. The number of nitrogens with zero attached hydrogens (tertiary/aromatic N) is 4. The Morgan fingerprint density at radius 3 is 2.04 bits per heavy atom. The Hall–Kier alpha value is -8.24. The standard InChI is InChI=1S/C63H71FIN13O9S2/c1-38-13-15-48-46(22-38)42(29-68-48)25-50-59(83)71-32-56(80)74-52(28-45-31-66-37-72-45)62(86)78(65)54(24-39-8-4-3-5-9-39)63(87)77-19-7-12-53(77)61(85)67-18-21-89-36-41-11-6-10-40(23-41)35-88-20-17-55(79)70-33-58(82)76(2)34-57(81)73-51(60(84)75-50)26-43-30-69-49-16-14-44(64)27-47(43)49/h3-6,8-11,13-16,22-23,27,29-31,37,50-54,68-69H,7,12,17-21,24-26,28,32-36H2,1-2H3,(H,66,72)(H,67,85)(H,70,79)(H,71,83)(H,73,81)(H,74,80)(H,75,84)/t50-,51-,52-,53?,54-/m0/s1. The van der Waals surface area contributed by atoms with Crippen molar-refractivity contribution >= 4 is 121 Å². The molecule has 7 aromatic rings. The molecule has 5 atom stereocenters. The molecule has 3 aromatic heterocycles. The molecule has 5 heterocycles. The second kappa shape index (κ2) is 31.3. The lowest BCUT2D eigenvalue weighted by Gasteiger charge is -2.33. The van der Waals surface area contributed by atoms with Crippen LogP contribution in [0.25, 0.3) is 21.8 Å². The van der Waals surface area contributed by atoms with Crippen molar-refractivity contribution < 1.29 is 47.5 Å². The predicted octanol–water partition coefficient (Wildman–Crippen LogP) is 4.46. The molecule has 9 amide bonds. The third kappa shape index (κ3) is 18.0. The smallest absolute Gasteiger partial charge is 0.254 e. The number of aryl methyl sites for hydroxylation is 1. The van der Waals surface area contributed by atoms with Crippen molar-refractivity contribution in [1.82, 2.24) is 64.7 Å². The van der Waals surface area contributed by atoms with E-state index in [-0.39, 0.29) is 50.5 Å². The lowest BCUT2D eigenvalue weighted by molar-refractivity contribution is -0.144. The number of fused-ring (bicyclic) bond motifs is 5. The first-order valence-corrected chi connectivity index (χ1v) is 32.5. The first-order valence-electron chi connectivity index (χ1n) is 29.3. The van der Waals surface area contributed by atoms with Crippen LogP contribution in [0.3, 0.4) is 0 Å². The summed E-state index contributed by atoms with van der Waals surface area (Å²) in [5.74, 6) is -3.66. The molecule has 89 heavy (non-hydrogen) atoms. The highest BCUT2D eigenvalue weighted by Crippen LogP contribution is 2.27. The number of amides is 9. The van der Waals surface area contributed by atoms with Crippen molar-refractivity contribution in [2.24, 2.45) is 0 Å². The average Bonchev–Trinajstić information content (AvgIpc) is 1.96. The second-order valence-electron chi connectivity index (χ2n) is 22.1. The number of imidazole rings is 1. The number of hydrogen-bond donors (Lipinski definition) is 9. The maximum Gasteiger partial charge on any atom is 0.254 e. The third-order valence-electron chi connectivity index (χ3n) is 15.5. The molecule has 22 nitrogen and oxygen atoms in total. The van der Waals surface area contributed by atoms with Crippen LogP contribution in [0.5, 0.6) is 0 Å². The molecular formula is C63H71FIN13O9S2. The fourth-order valence-electron chi connectivity index (χ4n) is 10.8. The number of aromatic amines is 3. The fraction of sp³-hybridized carbons (Fsp3) is 0.365. The maximum atomic E-state index is 15.0. The van der Waals surface area contributed by atoms with Gasteiger partial charge in [-0.2, -0.15) is 23.5 Å². The van der Waals surface area contributed by atoms with Crippen LogP contribution in [0.2, 0.25) is 0 Å². The van der Waals surface area contributed by atoms with Crippen LogP contribution in [0.4, 0.5) is 4.39 Å². The van der Waals surface area contributed by atoms with Gasteiger partial charge >= 0.3 is 0 Å². The van der Waals surface area contributed by atoms with Gasteiger partial charge in [0.05, 0.1) is 48.8 Å². The summed E-state index contributed by atoms with van der Waals surface area (Å²) in [4.78, 5) is 144. The molecule has 9 rings (SSSR count). The summed E-state index contributed by atoms with van der Waals surface area (Å²) >= 11 is 5.01. The van der Waals surface area contributed by atoms with Crippen molar-refractivity contribution in [2.45, 2.75) is 93.6 Å². The Balaban J connectivity index is 0.990. The van der Waals surface area contributed by atoms with Gasteiger partial charge in [-0.25, -0.2) is 9.37 Å². The highest BCUT2D eigenvalue weighted by atomic mass is 127. The molecule has 0 radical (unpaired) electrons. The van der Waals surface area contributed by atoms with Gasteiger partial charge in [0.25, 0.3) is 5.91 Å². The van der Waals surface area contributed by atoms with Crippen LogP contribution >= 0.6 is 46.4 Å². The highest BCUT2D eigenvalue weighted by molar-refractivity contribution is 14.1. The summed E-state index contributed by atoms with van der Waals surface area (Å²) in [6.07, 6.45) is 6.98. The fourth-order valence-corrected chi connectivity index (χ4v) is 13.3. The van der Waals surface area contributed by atoms with Crippen LogP contribution in [0, 0.1) is 12.7 Å². The number of nitrogens with one attached hydrogen (secondary N) is 9. The zero-order valence-corrected chi connectivity index (χ0v) is 53.0. The molecule has 9 N–H and O–H groups in total. The van der Waals surface area contributed by atoms with Gasteiger partial charge in [-0.1, -0.05) is 66.2 Å². The van der Waals surface area contributed by atoms with Crippen molar-refractivity contribution in [3.05, 3.63) is 161 Å². The van der Waals surface area contributed by atoms with E-state index in [0.29, 0.717) is 70.1 Å². The van der Waals surface area contributed by atoms with Gasteiger partial charge in [-0.15, -0.1) is 0 Å². The summed E-state index contributed by atoms with van der Waals surface area (Å²) < 4.78 is 16.0. The van der Waals surface area contributed by atoms with E-state index in [1.165, 1.54) is 45.8 Å². The van der Waals surface area contributed by atoms with Crippen LogP contribution < -0.4 is 31.9 Å². The monoisotopic (exact) mass is 1360 g/mol. The average molecular weight is 1360 g/mol. The third-order valence-corrected chi connectivity index (χ3v) is 18.7. The molecule has 0 aliphatic carbocycles. The van der Waals surface area contributed by atoms with Crippen molar-refractivity contribution in [3.8, 4) is 0 Å². The minimum absolute atomic E-state index is 0.0817. The molecule has 0 saturated carbocycles. The molecule has 1 fully saturated rings. The van der Waals surface area contributed by atoms with Gasteiger partial charge in [0, 0.05) is 121 Å². The quantitative estimate of drug-likeness (QED) is 0.0753. The molecule has 26 heteroatoms. The number of benzene rings is 4. The Bertz CT molecular complexity index is 3680. The van der Waals surface area contributed by atoms with Crippen LogP contribution in [-0.4, -0.2) is 168 Å². The van der Waals surface area contributed by atoms with E-state index in [4.69, 9.17) is 0 Å². The molecule has 1 unspecified atom stereocenters. The van der Waals surface area contributed by atoms with Gasteiger partial charge in [0.1, 0.15) is 36.0 Å². The molecule has 2 aliphatic heterocycles. The van der Waals surface area contributed by atoms with E-state index in [0.717, 1.165) is 38.1 Å². The van der Waals surface area contributed by atoms with E-state index in [1.807, 2.05) is 73.7 Å². The second-order valence-corrected chi connectivity index (χ2v) is 25.4. The molecule has 468 valence electrons. The molecule has 1 saturated heterocycles. The molecule has 2 aliphatic rings. The Kier molecular flexibility index (Phi) is 22.9. The van der Waals surface area contributed by atoms with E-state index in [1.54, 1.807) is 58.8 Å². The summed E-state index contributed by atoms with van der Waals surface area (Å²) in [7, 11) is 1.38. The zero-order valence-electron chi connectivity index (χ0n) is 49.2. The van der Waals surface area contributed by atoms with Crippen molar-refractivity contribution in [3.63, 3.8) is 0 Å². The minimum Gasteiger partial charge on any atom is -0.361 e. The number of rotatable bonds is 8. The largest absolute Gasteiger partial charge is 0.361 e. The van der Waals surface area contributed by atoms with Crippen molar-refractivity contribution in [1.29, 1.82) is 0 Å². The first-order chi connectivity index (χ1) is 43.0. The van der Waals surface area contributed by atoms with Gasteiger partial charge < -0.3 is 56.7 Å². The van der Waals surface area contributed by atoms with Crippen LogP contribution in [0.1, 0.15) is 58.3 Å². The molecule has 4 aromatic carbocycles. The summed E-state index contributed by atoms with van der Waals surface area (Å²) in [5, 5.41) is 17.8. The number of H-pyrrole nitrogens is 3. The Morgan fingerprint density at radius 1 is 0.640 bits per heavy atom. The van der Waals surface area contributed by atoms with Gasteiger partial charge in [0.2, 0.25) is 47.3 Å². The Labute approximate surface area is 536 Å². The Morgan fingerprint density at radius 2 is 1.33 bits per heavy atom. The van der Waals surface area contributed by atoms with Gasteiger partial charge in [-0.3, -0.25) is 46.3 Å². The van der Waals surface area contributed by atoms with Crippen LogP contribution in [-0.2, 0) is 80.3 Å². The molecule has 2 bridgehead atoms. The number of likely N-dealkylation sites (N-methyl/N-ethyl adjacent to an activating group) is 1. The van der Waals surface area contributed by atoms with Crippen molar-refractivity contribution in [2.75, 3.05) is 51.3 Å².